The summed E-state index contributed by atoms with van der Waals surface area (Å²) in [6.07, 6.45) is 9.45. The third-order valence-corrected chi connectivity index (χ3v) is 5.96. The predicted octanol–water partition coefficient (Wildman–Crippen LogP) is 0.738. The molecule has 1 aliphatic carbocycles. The predicted molar refractivity (Wildman–Crippen MR) is 67.4 cm³/mol. The molecule has 1 aliphatic rings. The molecule has 0 spiro atoms. The van der Waals surface area contributed by atoms with E-state index in [0.29, 0.717) is 15.0 Å². The molecule has 82 valence electrons. The molecule has 0 heterocycles. The summed E-state index contributed by atoms with van der Waals surface area (Å²) in [5.74, 6) is 1.64. The van der Waals surface area contributed by atoms with Gasteiger partial charge in [0.1, 0.15) is 0 Å². The molecule has 1 saturated carbocycles. The number of rotatable bonds is 4. The summed E-state index contributed by atoms with van der Waals surface area (Å²) in [4.78, 5) is 0. The van der Waals surface area contributed by atoms with Crippen molar-refractivity contribution in [2.75, 3.05) is 0 Å². The van der Waals surface area contributed by atoms with E-state index in [0.717, 1.165) is 11.8 Å². The van der Waals surface area contributed by atoms with Crippen molar-refractivity contribution < 1.29 is 18.9 Å². The zero-order valence-electron chi connectivity index (χ0n) is 10.3. The van der Waals surface area contributed by atoms with Crippen molar-refractivity contribution >= 4 is 27.6 Å². The molecule has 0 nitrogen and oxygen atoms in total. The second-order valence-electron chi connectivity index (χ2n) is 4.59. The first-order chi connectivity index (χ1) is 6.68. The van der Waals surface area contributed by atoms with Gasteiger partial charge in [-0.05, 0) is 0 Å². The van der Waals surface area contributed by atoms with E-state index >= 15 is 0 Å². The Bertz CT molecular complexity index is 186. The summed E-state index contributed by atoms with van der Waals surface area (Å²) in [5, 5.41) is 1.31. The van der Waals surface area contributed by atoms with Crippen molar-refractivity contribution in [2.24, 2.45) is 11.8 Å². The largest absolute Gasteiger partial charge is 1.00 e. The normalized spacial score (nSPS) is 19.0. The molecule has 1 fully saturated rings. The molecule has 0 aliphatic heterocycles. The first kappa shape index (κ1) is 16.1. The second kappa shape index (κ2) is 9.14. The maximum absolute atomic E-state index is 5.43. The van der Waals surface area contributed by atoms with Crippen LogP contribution in [-0.4, -0.2) is 15.0 Å². The Labute approximate surface area is 119 Å². The molecule has 0 bridgehead atoms. The minimum absolute atomic E-state index is 0. The van der Waals surface area contributed by atoms with Gasteiger partial charge in [-0.3, -0.25) is 0 Å². The van der Waals surface area contributed by atoms with Crippen LogP contribution in [0, 0.1) is 11.8 Å². The molecule has 0 aromatic carbocycles. The molecule has 0 N–H and O–H groups in total. The third-order valence-electron chi connectivity index (χ3n) is 2.58. The van der Waals surface area contributed by atoms with Crippen molar-refractivity contribution in [3.63, 3.8) is 0 Å². The summed E-state index contributed by atoms with van der Waals surface area (Å²) >= 11 is 6.01. The average Bonchev–Trinajstić information content (AvgIpc) is 2.16. The summed E-state index contributed by atoms with van der Waals surface area (Å²) < 4.78 is 1.28. The van der Waals surface area contributed by atoms with Crippen LogP contribution in [0.5, 0.6) is 0 Å². The molecule has 0 unspecified atom stereocenters. The van der Waals surface area contributed by atoms with Crippen molar-refractivity contribution in [1.82, 2.24) is 0 Å². The van der Waals surface area contributed by atoms with E-state index in [-0.39, 0.29) is 18.9 Å². The van der Waals surface area contributed by atoms with Crippen LogP contribution < -0.4 is 18.9 Å². The van der Waals surface area contributed by atoms with E-state index in [1.54, 1.807) is 0 Å². The van der Waals surface area contributed by atoms with E-state index in [1.807, 2.05) is 0 Å². The fraction of sp³-hybridized carbons (Fsp3) is 0.833. The van der Waals surface area contributed by atoms with Gasteiger partial charge in [-0.2, -0.15) is 0 Å². The van der Waals surface area contributed by atoms with Gasteiger partial charge in [-0.25, -0.2) is 0 Å². The van der Waals surface area contributed by atoms with Gasteiger partial charge in [-0.1, -0.05) is 0 Å². The second-order valence-corrected chi connectivity index (χ2v) is 7.84. The monoisotopic (exact) mass is 284 g/mol. The Morgan fingerprint density at radius 2 is 1.93 bits per heavy atom. The third kappa shape index (κ3) is 7.89. The number of allylic oxidation sites excluding steroid dienone is 1. The molecule has 0 aromatic rings. The molecule has 0 atom stereocenters. The average molecular weight is 283 g/mol. The standard InChI is InChI=1S/C12H22SSe.Li/c1-10(2)9-14-12(13)8-11-6-4-3-5-7-11;/h8,10-11,13H,3-7,9H2,1-2H3;/q;+1/p-1/b12-8-;. The quantitative estimate of drug-likeness (QED) is 0.542. The van der Waals surface area contributed by atoms with Gasteiger partial charge in [0.15, 0.2) is 0 Å². The van der Waals surface area contributed by atoms with E-state index in [1.165, 1.54) is 41.2 Å². The topological polar surface area (TPSA) is 0 Å². The van der Waals surface area contributed by atoms with Crippen LogP contribution in [0.2, 0.25) is 5.32 Å². The van der Waals surface area contributed by atoms with E-state index in [2.05, 4.69) is 19.9 Å². The summed E-state index contributed by atoms with van der Waals surface area (Å²) in [5.41, 5.74) is 0. The molecule has 1 rings (SSSR count). The van der Waals surface area contributed by atoms with Crippen molar-refractivity contribution in [2.45, 2.75) is 51.3 Å². The van der Waals surface area contributed by atoms with Crippen molar-refractivity contribution in [3.05, 3.63) is 9.88 Å². The summed E-state index contributed by atoms with van der Waals surface area (Å²) in [7, 11) is 0. The first-order valence-corrected chi connectivity index (χ1v) is 8.17. The Morgan fingerprint density at radius 1 is 1.33 bits per heavy atom. The van der Waals surface area contributed by atoms with Crippen LogP contribution in [-0.2, 0) is 12.6 Å². The van der Waals surface area contributed by atoms with Gasteiger partial charge in [0.05, 0.1) is 0 Å². The van der Waals surface area contributed by atoms with E-state index in [9.17, 15) is 0 Å². The zero-order chi connectivity index (χ0) is 10.4. The summed E-state index contributed by atoms with van der Waals surface area (Å²) in [6, 6.07) is 0. The minimum atomic E-state index is 0. The van der Waals surface area contributed by atoms with Gasteiger partial charge >= 0.3 is 119 Å². The first-order valence-electron chi connectivity index (χ1n) is 5.70. The molecule has 0 saturated heterocycles. The summed E-state index contributed by atoms with van der Waals surface area (Å²) in [6.45, 7) is 4.57. The van der Waals surface area contributed by atoms with Crippen LogP contribution >= 0.6 is 0 Å². The fourth-order valence-corrected chi connectivity index (χ4v) is 3.99. The number of hydrogen-bond donors (Lipinski definition) is 0. The SMILES string of the molecule is CC(C)C[Se]/C([S-])=C\C1CCCCC1.[Li+]. The van der Waals surface area contributed by atoms with Crippen molar-refractivity contribution in [3.8, 4) is 0 Å². The van der Waals surface area contributed by atoms with Crippen LogP contribution in [0.25, 0.3) is 0 Å². The smallest absolute Gasteiger partial charge is 1.00 e. The fourth-order valence-electron chi connectivity index (χ4n) is 1.79. The van der Waals surface area contributed by atoms with Crippen LogP contribution in [0.1, 0.15) is 46.0 Å². The Balaban J connectivity index is 0.00000196. The molecule has 0 aromatic heterocycles. The molecular formula is C12H21LiSSe. The van der Waals surface area contributed by atoms with Crippen molar-refractivity contribution in [1.29, 1.82) is 0 Å². The molecule has 0 radical (unpaired) electrons. The van der Waals surface area contributed by atoms with Gasteiger partial charge in [0, 0.05) is 0 Å². The van der Waals surface area contributed by atoms with Crippen LogP contribution in [0.4, 0.5) is 0 Å². The van der Waals surface area contributed by atoms with Gasteiger partial charge in [0.25, 0.3) is 0 Å². The van der Waals surface area contributed by atoms with Gasteiger partial charge in [-0.15, -0.1) is 0 Å². The van der Waals surface area contributed by atoms with E-state index in [4.69, 9.17) is 12.6 Å². The molecule has 0 amide bonds. The van der Waals surface area contributed by atoms with Gasteiger partial charge in [0.2, 0.25) is 0 Å². The molecule has 3 heteroatoms. The van der Waals surface area contributed by atoms with Crippen LogP contribution in [0.15, 0.2) is 9.88 Å². The van der Waals surface area contributed by atoms with Crippen LogP contribution in [0.3, 0.4) is 0 Å². The minimum Gasteiger partial charge on any atom is 1.00 e. The molecular weight excluding hydrogens is 262 g/mol. The molecule has 15 heavy (non-hydrogen) atoms. The van der Waals surface area contributed by atoms with Gasteiger partial charge < -0.3 is 0 Å². The Kier molecular flexibility index (Phi) is 9.80. The zero-order valence-corrected chi connectivity index (χ0v) is 12.8. The maximum Gasteiger partial charge on any atom is 1.00 e. The Hall–Kier alpha value is 1.08. The number of hydrogen-bond acceptors (Lipinski definition) is 1. The van der Waals surface area contributed by atoms with E-state index < -0.39 is 0 Å². The Morgan fingerprint density at radius 3 is 2.47 bits per heavy atom. The maximum atomic E-state index is 5.43.